The second-order valence-electron chi connectivity index (χ2n) is 10.7. The summed E-state index contributed by atoms with van der Waals surface area (Å²) in [4.78, 5) is 4.86. The smallest absolute Gasteiger partial charge is 0.227 e. The molecule has 0 bridgehead atoms. The first-order valence-electron chi connectivity index (χ1n) is 9.83. The van der Waals surface area contributed by atoms with E-state index in [-0.39, 0.29) is 16.2 Å². The van der Waals surface area contributed by atoms with Crippen LogP contribution in [0.3, 0.4) is 0 Å². The molecule has 0 aliphatic rings. The predicted octanol–water partition coefficient (Wildman–Crippen LogP) is 7.39. The molecular formula is C25H33NO. The average Bonchev–Trinajstić information content (AvgIpc) is 2.95. The van der Waals surface area contributed by atoms with Crippen molar-refractivity contribution >= 4 is 11.1 Å². The number of aromatic nitrogens is 1. The molecule has 0 unspecified atom stereocenters. The van der Waals surface area contributed by atoms with Gasteiger partial charge in [-0.2, -0.15) is 0 Å². The molecule has 0 N–H and O–H groups in total. The molecular weight excluding hydrogens is 330 g/mol. The van der Waals surface area contributed by atoms with Gasteiger partial charge in [0.2, 0.25) is 5.89 Å². The molecule has 2 aromatic carbocycles. The molecule has 0 atom stereocenters. The lowest BCUT2D eigenvalue weighted by Crippen LogP contribution is -2.16. The summed E-state index contributed by atoms with van der Waals surface area (Å²) in [5, 5.41) is 0. The standard InChI is InChI=1S/C25H33NO/c1-23(2,3)17-12-10-16(11-13-17)22-26-20-15-18(24(4,5)6)14-19(21(20)27-22)25(7,8)9/h10-15H,1-9H3. The molecule has 0 radical (unpaired) electrons. The van der Waals surface area contributed by atoms with Crippen molar-refractivity contribution in [3.8, 4) is 11.5 Å². The van der Waals surface area contributed by atoms with Gasteiger partial charge in [0.25, 0.3) is 0 Å². The summed E-state index contributed by atoms with van der Waals surface area (Å²) >= 11 is 0. The van der Waals surface area contributed by atoms with E-state index in [0.717, 1.165) is 16.7 Å². The van der Waals surface area contributed by atoms with Gasteiger partial charge in [0, 0.05) is 11.1 Å². The highest BCUT2D eigenvalue weighted by Gasteiger charge is 2.25. The Hall–Kier alpha value is -2.09. The molecule has 0 aliphatic carbocycles. The van der Waals surface area contributed by atoms with E-state index >= 15 is 0 Å². The Morgan fingerprint density at radius 1 is 0.667 bits per heavy atom. The molecule has 3 rings (SSSR count). The normalized spacial score (nSPS) is 13.4. The van der Waals surface area contributed by atoms with Gasteiger partial charge in [-0.25, -0.2) is 4.98 Å². The number of hydrogen-bond acceptors (Lipinski definition) is 2. The Morgan fingerprint density at radius 3 is 1.70 bits per heavy atom. The zero-order valence-electron chi connectivity index (χ0n) is 18.3. The molecule has 3 aromatic rings. The Morgan fingerprint density at radius 2 is 1.22 bits per heavy atom. The van der Waals surface area contributed by atoms with Crippen molar-refractivity contribution in [3.63, 3.8) is 0 Å². The van der Waals surface area contributed by atoms with Crippen LogP contribution in [0.1, 0.15) is 79.0 Å². The zero-order valence-corrected chi connectivity index (χ0v) is 18.3. The molecule has 0 saturated heterocycles. The van der Waals surface area contributed by atoms with Crippen LogP contribution in [-0.2, 0) is 16.2 Å². The molecule has 0 saturated carbocycles. The topological polar surface area (TPSA) is 26.0 Å². The Bertz CT molecular complexity index is 955. The predicted molar refractivity (Wildman–Crippen MR) is 116 cm³/mol. The highest BCUT2D eigenvalue weighted by molar-refractivity contribution is 5.81. The van der Waals surface area contributed by atoms with E-state index in [0.29, 0.717) is 5.89 Å². The van der Waals surface area contributed by atoms with Crippen molar-refractivity contribution < 1.29 is 4.42 Å². The molecule has 0 aliphatic heterocycles. The van der Waals surface area contributed by atoms with Gasteiger partial charge in [0.1, 0.15) is 5.52 Å². The second-order valence-corrected chi connectivity index (χ2v) is 10.7. The van der Waals surface area contributed by atoms with Gasteiger partial charge < -0.3 is 4.42 Å². The molecule has 1 aromatic heterocycles. The first-order valence-corrected chi connectivity index (χ1v) is 9.83. The number of benzene rings is 2. The summed E-state index contributed by atoms with van der Waals surface area (Å²) in [5.41, 5.74) is 6.91. The van der Waals surface area contributed by atoms with Gasteiger partial charge >= 0.3 is 0 Å². The van der Waals surface area contributed by atoms with E-state index in [4.69, 9.17) is 9.40 Å². The maximum atomic E-state index is 6.29. The van der Waals surface area contributed by atoms with Crippen molar-refractivity contribution in [2.24, 2.45) is 0 Å². The van der Waals surface area contributed by atoms with E-state index in [9.17, 15) is 0 Å². The van der Waals surface area contributed by atoms with E-state index < -0.39 is 0 Å². The van der Waals surface area contributed by atoms with E-state index in [1.807, 2.05) is 0 Å². The van der Waals surface area contributed by atoms with E-state index in [1.54, 1.807) is 0 Å². The van der Waals surface area contributed by atoms with Crippen LogP contribution in [0.4, 0.5) is 0 Å². The van der Waals surface area contributed by atoms with E-state index in [2.05, 4.69) is 98.7 Å². The van der Waals surface area contributed by atoms with Gasteiger partial charge in [-0.3, -0.25) is 0 Å². The summed E-state index contributed by atoms with van der Waals surface area (Å²) in [6, 6.07) is 13.1. The van der Waals surface area contributed by atoms with Gasteiger partial charge in [-0.05, 0) is 45.6 Å². The lowest BCUT2D eigenvalue weighted by atomic mass is 9.80. The maximum Gasteiger partial charge on any atom is 0.227 e. The average molecular weight is 364 g/mol. The van der Waals surface area contributed by atoms with Crippen molar-refractivity contribution in [2.75, 3.05) is 0 Å². The van der Waals surface area contributed by atoms with E-state index in [1.165, 1.54) is 16.7 Å². The second kappa shape index (κ2) is 6.22. The lowest BCUT2D eigenvalue weighted by Gasteiger charge is -2.24. The molecule has 1 heterocycles. The fourth-order valence-corrected chi connectivity index (χ4v) is 3.26. The molecule has 2 nitrogen and oxygen atoms in total. The van der Waals surface area contributed by atoms with Crippen LogP contribution >= 0.6 is 0 Å². The third kappa shape index (κ3) is 3.95. The number of oxazole rings is 1. The van der Waals surface area contributed by atoms with Crippen LogP contribution in [-0.4, -0.2) is 4.98 Å². The van der Waals surface area contributed by atoms with Crippen LogP contribution in [0, 0.1) is 0 Å². The summed E-state index contributed by atoms with van der Waals surface area (Å²) in [5.74, 6) is 0.696. The molecule has 0 spiro atoms. The minimum atomic E-state index is -0.00753. The minimum absolute atomic E-state index is 0.00753. The lowest BCUT2D eigenvalue weighted by molar-refractivity contribution is 0.552. The molecule has 27 heavy (non-hydrogen) atoms. The minimum Gasteiger partial charge on any atom is -0.436 e. The van der Waals surface area contributed by atoms with Gasteiger partial charge in [0.15, 0.2) is 5.58 Å². The van der Waals surface area contributed by atoms with Crippen molar-refractivity contribution in [2.45, 2.75) is 78.6 Å². The first-order chi connectivity index (χ1) is 12.3. The fourth-order valence-electron chi connectivity index (χ4n) is 3.26. The Labute approximate surface area is 164 Å². The summed E-state index contributed by atoms with van der Waals surface area (Å²) in [6.07, 6.45) is 0. The summed E-state index contributed by atoms with van der Waals surface area (Å²) in [6.45, 7) is 20.1. The maximum absolute atomic E-state index is 6.29. The number of rotatable bonds is 1. The quantitative estimate of drug-likeness (QED) is 0.450. The number of hydrogen-bond donors (Lipinski definition) is 0. The van der Waals surface area contributed by atoms with Gasteiger partial charge in [0.05, 0.1) is 0 Å². The monoisotopic (exact) mass is 363 g/mol. The van der Waals surface area contributed by atoms with Crippen LogP contribution in [0.25, 0.3) is 22.6 Å². The zero-order chi connectivity index (χ0) is 20.2. The van der Waals surface area contributed by atoms with Gasteiger partial charge in [-0.1, -0.05) is 80.5 Å². The van der Waals surface area contributed by atoms with Crippen molar-refractivity contribution in [1.82, 2.24) is 4.98 Å². The Balaban J connectivity index is 2.17. The highest BCUT2D eigenvalue weighted by Crippen LogP contribution is 2.37. The van der Waals surface area contributed by atoms with Crippen LogP contribution in [0.5, 0.6) is 0 Å². The van der Waals surface area contributed by atoms with Crippen molar-refractivity contribution in [3.05, 3.63) is 53.1 Å². The van der Waals surface area contributed by atoms with Crippen molar-refractivity contribution in [1.29, 1.82) is 0 Å². The summed E-state index contributed by atoms with van der Waals surface area (Å²) in [7, 11) is 0. The SMILES string of the molecule is CC(C)(C)c1ccc(-c2nc3cc(C(C)(C)C)cc(C(C)(C)C)c3o2)cc1. The highest BCUT2D eigenvalue weighted by atomic mass is 16.3. The van der Waals surface area contributed by atoms with Crippen LogP contribution in [0.2, 0.25) is 0 Å². The fraction of sp³-hybridized carbons (Fsp3) is 0.480. The van der Waals surface area contributed by atoms with Crippen LogP contribution in [0.15, 0.2) is 40.8 Å². The number of fused-ring (bicyclic) bond motifs is 1. The van der Waals surface area contributed by atoms with Crippen LogP contribution < -0.4 is 0 Å². The largest absolute Gasteiger partial charge is 0.436 e. The molecule has 2 heteroatoms. The third-order valence-electron chi connectivity index (χ3n) is 5.16. The number of nitrogens with zero attached hydrogens (tertiary/aromatic N) is 1. The first kappa shape index (κ1) is 19.7. The molecule has 144 valence electrons. The molecule has 0 fully saturated rings. The van der Waals surface area contributed by atoms with Gasteiger partial charge in [-0.15, -0.1) is 0 Å². The molecule has 0 amide bonds. The third-order valence-corrected chi connectivity index (χ3v) is 5.16. The Kier molecular flexibility index (Phi) is 4.53. The summed E-state index contributed by atoms with van der Waals surface area (Å²) < 4.78 is 6.29.